The fourth-order valence-electron chi connectivity index (χ4n) is 3.47. The fraction of sp³-hybridized carbons (Fsp3) is 0.471. The Labute approximate surface area is 152 Å². The maximum Gasteiger partial charge on any atom is 0.418 e. The Hall–Kier alpha value is -2.46. The third-order valence-electron chi connectivity index (χ3n) is 4.81. The van der Waals surface area contributed by atoms with Gasteiger partial charge in [0.2, 0.25) is 0 Å². The molecule has 0 saturated heterocycles. The number of hydrogen-bond donors (Lipinski definition) is 3. The van der Waals surface area contributed by atoms with Gasteiger partial charge in [-0.05, 0) is 25.8 Å². The molecule has 0 unspecified atom stereocenters. The van der Waals surface area contributed by atoms with Crippen LogP contribution in [0.15, 0.2) is 12.3 Å². The molecule has 1 fully saturated rings. The fourth-order valence-corrected chi connectivity index (χ4v) is 3.47. The second-order valence-electron chi connectivity index (χ2n) is 7.18. The molecule has 3 heterocycles. The van der Waals surface area contributed by atoms with Gasteiger partial charge in [0, 0.05) is 23.4 Å². The summed E-state index contributed by atoms with van der Waals surface area (Å²) in [6, 6.07) is 0.678. The second-order valence-corrected chi connectivity index (χ2v) is 7.18. The number of fused-ring (bicyclic) bond motifs is 1. The zero-order valence-corrected chi connectivity index (χ0v) is 14.3. The number of pyridine rings is 1. The van der Waals surface area contributed by atoms with E-state index in [0.29, 0.717) is 36.5 Å². The molecule has 2 aromatic heterocycles. The monoisotopic (exact) mass is 382 g/mol. The topological polar surface area (TPSA) is 100 Å². The lowest BCUT2D eigenvalue weighted by atomic mass is 9.77. The minimum Gasteiger partial charge on any atom is -0.506 e. The molecular weight excluding hydrogens is 365 g/mol. The maximum atomic E-state index is 12.8. The van der Waals surface area contributed by atoms with Crippen molar-refractivity contribution in [3.63, 3.8) is 0 Å². The van der Waals surface area contributed by atoms with Gasteiger partial charge >= 0.3 is 6.18 Å². The van der Waals surface area contributed by atoms with Gasteiger partial charge in [0.05, 0.1) is 24.4 Å². The highest BCUT2D eigenvalue weighted by atomic mass is 19.4. The van der Waals surface area contributed by atoms with Gasteiger partial charge in [0.1, 0.15) is 17.1 Å². The molecule has 2 aliphatic rings. The van der Waals surface area contributed by atoms with Crippen LogP contribution in [0.2, 0.25) is 0 Å². The summed E-state index contributed by atoms with van der Waals surface area (Å²) in [4.78, 5) is 3.75. The number of ether oxygens (including phenoxy) is 1. The van der Waals surface area contributed by atoms with Crippen molar-refractivity contribution in [2.45, 2.75) is 50.8 Å². The highest BCUT2D eigenvalue weighted by molar-refractivity contribution is 5.69. The Balaban J connectivity index is 1.66. The van der Waals surface area contributed by atoms with E-state index in [-0.39, 0.29) is 30.6 Å². The van der Waals surface area contributed by atoms with Crippen LogP contribution in [0.3, 0.4) is 0 Å². The van der Waals surface area contributed by atoms with Crippen LogP contribution in [0.5, 0.6) is 5.75 Å². The number of halogens is 3. The Kier molecular flexibility index (Phi) is 4.00. The third kappa shape index (κ3) is 3.30. The Morgan fingerprint density at radius 3 is 2.52 bits per heavy atom. The molecule has 0 amide bonds. The number of rotatable bonds is 3. The van der Waals surface area contributed by atoms with Crippen molar-refractivity contribution in [3.8, 4) is 17.1 Å². The van der Waals surface area contributed by atoms with Gasteiger partial charge in [-0.15, -0.1) is 10.2 Å². The van der Waals surface area contributed by atoms with Gasteiger partial charge in [-0.2, -0.15) is 13.2 Å². The smallest absolute Gasteiger partial charge is 0.418 e. The van der Waals surface area contributed by atoms with Gasteiger partial charge in [-0.1, -0.05) is 0 Å². The summed E-state index contributed by atoms with van der Waals surface area (Å²) in [6.45, 7) is 2.22. The van der Waals surface area contributed by atoms with Crippen molar-refractivity contribution in [2.75, 3.05) is 5.32 Å². The molecule has 0 aromatic carbocycles. The molecule has 1 saturated carbocycles. The molecule has 0 radical (unpaired) electrons. The molecule has 4 rings (SSSR count). The summed E-state index contributed by atoms with van der Waals surface area (Å²) in [6.07, 6.45) is -2.79. The number of alkyl halides is 3. The first-order valence-corrected chi connectivity index (χ1v) is 8.36. The summed E-state index contributed by atoms with van der Waals surface area (Å²) in [5.41, 5.74) is -0.260. The quantitative estimate of drug-likeness (QED) is 0.750. The molecule has 0 atom stereocenters. The van der Waals surface area contributed by atoms with E-state index in [1.807, 2.05) is 0 Å². The molecule has 10 heteroatoms. The number of aromatic nitrogens is 3. The van der Waals surface area contributed by atoms with Crippen molar-refractivity contribution in [3.05, 3.63) is 29.0 Å². The standard InChI is InChI=1S/C17H17F3N4O3/c1-16(26)3-9(4-16)22-15-11-7-27-6-10(11)13(23-24-15)14-12(25)2-8(5-21-14)17(18,19)20/h2,5,9,25-26H,3-4,6-7H2,1H3,(H,22,24). The van der Waals surface area contributed by atoms with E-state index >= 15 is 0 Å². The average molecular weight is 382 g/mol. The van der Waals surface area contributed by atoms with Crippen molar-refractivity contribution in [2.24, 2.45) is 0 Å². The number of aliphatic hydroxyl groups is 1. The predicted octanol–water partition coefficient (Wildman–Crippen LogP) is 2.62. The highest BCUT2D eigenvalue weighted by Gasteiger charge is 2.39. The van der Waals surface area contributed by atoms with Crippen LogP contribution in [0, 0.1) is 0 Å². The summed E-state index contributed by atoms with van der Waals surface area (Å²) in [5.74, 6) is -0.109. The van der Waals surface area contributed by atoms with Gasteiger partial charge in [-0.25, -0.2) is 4.98 Å². The van der Waals surface area contributed by atoms with Crippen molar-refractivity contribution in [1.82, 2.24) is 15.2 Å². The van der Waals surface area contributed by atoms with Crippen molar-refractivity contribution < 1.29 is 28.1 Å². The zero-order valence-electron chi connectivity index (χ0n) is 14.3. The van der Waals surface area contributed by atoms with Crippen LogP contribution in [0.4, 0.5) is 19.0 Å². The molecule has 2 aromatic rings. The Morgan fingerprint density at radius 2 is 1.89 bits per heavy atom. The first kappa shape index (κ1) is 17.9. The second kappa shape index (κ2) is 6.03. The highest BCUT2D eigenvalue weighted by Crippen LogP contribution is 2.39. The van der Waals surface area contributed by atoms with E-state index in [1.54, 1.807) is 6.92 Å². The summed E-state index contributed by atoms with van der Waals surface area (Å²) >= 11 is 0. The SMILES string of the molecule is CC1(O)CC(Nc2nnc(-c3ncc(C(F)(F)F)cc3O)c3c2COC3)C1. The third-order valence-corrected chi connectivity index (χ3v) is 4.81. The molecule has 27 heavy (non-hydrogen) atoms. The first-order chi connectivity index (χ1) is 12.6. The molecule has 3 N–H and O–H groups in total. The van der Waals surface area contributed by atoms with Crippen LogP contribution < -0.4 is 5.32 Å². The number of nitrogens with zero attached hydrogens (tertiary/aromatic N) is 3. The van der Waals surface area contributed by atoms with E-state index in [2.05, 4.69) is 20.5 Å². The molecular formula is C17H17F3N4O3. The van der Waals surface area contributed by atoms with E-state index in [0.717, 1.165) is 5.56 Å². The lowest BCUT2D eigenvalue weighted by Gasteiger charge is -2.41. The van der Waals surface area contributed by atoms with E-state index in [9.17, 15) is 23.4 Å². The van der Waals surface area contributed by atoms with Crippen LogP contribution in [-0.2, 0) is 24.1 Å². The largest absolute Gasteiger partial charge is 0.506 e. The number of anilines is 1. The maximum absolute atomic E-state index is 12.8. The molecule has 7 nitrogen and oxygen atoms in total. The molecule has 0 bridgehead atoms. The van der Waals surface area contributed by atoms with Crippen LogP contribution >= 0.6 is 0 Å². The predicted molar refractivity (Wildman–Crippen MR) is 87.7 cm³/mol. The van der Waals surface area contributed by atoms with Crippen LogP contribution in [0.1, 0.15) is 36.5 Å². The van der Waals surface area contributed by atoms with E-state index in [1.165, 1.54) is 0 Å². The first-order valence-electron chi connectivity index (χ1n) is 8.36. The van der Waals surface area contributed by atoms with Gasteiger partial charge in [0.15, 0.2) is 5.82 Å². The number of nitrogens with one attached hydrogen (secondary N) is 1. The van der Waals surface area contributed by atoms with Gasteiger partial charge in [-0.3, -0.25) is 0 Å². The van der Waals surface area contributed by atoms with E-state index in [4.69, 9.17) is 4.74 Å². The minimum atomic E-state index is -4.60. The number of aromatic hydroxyl groups is 1. The number of hydrogen-bond acceptors (Lipinski definition) is 7. The molecule has 0 spiro atoms. The van der Waals surface area contributed by atoms with Crippen LogP contribution in [0.25, 0.3) is 11.4 Å². The Bertz CT molecular complexity index is 894. The molecule has 144 valence electrons. The van der Waals surface area contributed by atoms with Gasteiger partial charge < -0.3 is 20.3 Å². The molecule has 1 aliphatic carbocycles. The lowest BCUT2D eigenvalue weighted by Crippen LogP contribution is -2.48. The lowest BCUT2D eigenvalue weighted by molar-refractivity contribution is -0.137. The molecule has 1 aliphatic heterocycles. The summed E-state index contributed by atoms with van der Waals surface area (Å²) < 4.78 is 43.7. The van der Waals surface area contributed by atoms with E-state index < -0.39 is 23.1 Å². The average Bonchev–Trinajstić information content (AvgIpc) is 3.03. The summed E-state index contributed by atoms with van der Waals surface area (Å²) in [7, 11) is 0. The van der Waals surface area contributed by atoms with Crippen molar-refractivity contribution >= 4 is 5.82 Å². The van der Waals surface area contributed by atoms with Gasteiger partial charge in [0.25, 0.3) is 0 Å². The van der Waals surface area contributed by atoms with Crippen LogP contribution in [-0.4, -0.2) is 37.0 Å². The Morgan fingerprint density at radius 1 is 1.19 bits per heavy atom. The van der Waals surface area contributed by atoms with Crippen molar-refractivity contribution in [1.29, 1.82) is 0 Å². The normalized spacial score (nSPS) is 24.4. The minimum absolute atomic E-state index is 0.0578. The zero-order chi connectivity index (χ0) is 19.4. The summed E-state index contributed by atoms with van der Waals surface area (Å²) in [5, 5.41) is 31.3.